The number of aryl methyl sites for hydroxylation is 2. The molecule has 1 N–H and O–H groups in total. The third-order valence-corrected chi connectivity index (χ3v) is 6.16. The molecule has 0 bridgehead atoms. The van der Waals surface area contributed by atoms with Gasteiger partial charge < -0.3 is 14.3 Å². The fourth-order valence-electron chi connectivity index (χ4n) is 2.50. The Bertz CT molecular complexity index is 1060. The van der Waals surface area contributed by atoms with E-state index in [-0.39, 0.29) is 5.82 Å². The van der Waals surface area contributed by atoms with Crippen LogP contribution in [0.4, 0.5) is 9.52 Å². The van der Waals surface area contributed by atoms with Crippen molar-refractivity contribution >= 4 is 28.2 Å². The predicted octanol–water partition coefficient (Wildman–Crippen LogP) is 4.97. The highest BCUT2D eigenvalue weighted by molar-refractivity contribution is 8.01. The van der Waals surface area contributed by atoms with Crippen LogP contribution in [0.5, 0.6) is 0 Å². The zero-order valence-electron chi connectivity index (χ0n) is 15.6. The van der Waals surface area contributed by atoms with E-state index in [0.717, 1.165) is 27.4 Å². The second kappa shape index (κ2) is 9.19. The molecule has 1 aromatic carbocycles. The smallest absolute Gasteiger partial charge is 0.226 e. The first kappa shape index (κ1) is 19.6. The molecule has 0 amide bonds. The molecule has 29 heavy (non-hydrogen) atoms. The predicted molar refractivity (Wildman–Crippen MR) is 109 cm³/mol. The van der Waals surface area contributed by atoms with E-state index >= 15 is 0 Å². The quantitative estimate of drug-likeness (QED) is 0.294. The van der Waals surface area contributed by atoms with Crippen LogP contribution in [0, 0.1) is 12.7 Å². The molecular weight excluding hydrogens is 413 g/mol. The third-order valence-electron chi connectivity index (χ3n) is 4.06. The van der Waals surface area contributed by atoms with Crippen molar-refractivity contribution in [3.8, 4) is 11.4 Å². The lowest BCUT2D eigenvalue weighted by Gasteiger charge is -1.98. The number of anilines is 1. The summed E-state index contributed by atoms with van der Waals surface area (Å²) in [6.07, 6.45) is 3.14. The average molecular weight is 432 g/mol. The van der Waals surface area contributed by atoms with E-state index in [9.17, 15) is 4.39 Å². The number of rotatable bonds is 9. The first-order valence-electron chi connectivity index (χ1n) is 8.99. The number of furan rings is 1. The highest BCUT2D eigenvalue weighted by Crippen LogP contribution is 2.27. The fraction of sp³-hybridized carbons (Fsp3) is 0.263. The second-order valence-electron chi connectivity index (χ2n) is 6.23. The van der Waals surface area contributed by atoms with E-state index < -0.39 is 0 Å². The Hall–Kier alpha value is -2.72. The van der Waals surface area contributed by atoms with E-state index in [4.69, 9.17) is 8.94 Å². The van der Waals surface area contributed by atoms with Gasteiger partial charge in [-0.3, -0.25) is 0 Å². The Morgan fingerprint density at radius 2 is 2.17 bits per heavy atom. The Morgan fingerprint density at radius 3 is 3.00 bits per heavy atom. The first-order chi connectivity index (χ1) is 14.2. The summed E-state index contributed by atoms with van der Waals surface area (Å²) in [5.74, 6) is 2.37. The van der Waals surface area contributed by atoms with Gasteiger partial charge in [0.1, 0.15) is 11.6 Å². The number of hydrogen-bond acceptors (Lipinski definition) is 9. The molecule has 0 atom stereocenters. The van der Waals surface area contributed by atoms with Crippen molar-refractivity contribution in [1.82, 2.24) is 20.3 Å². The maximum atomic E-state index is 13.7. The molecule has 0 fully saturated rings. The van der Waals surface area contributed by atoms with Crippen LogP contribution in [0.25, 0.3) is 11.4 Å². The molecule has 150 valence electrons. The summed E-state index contributed by atoms with van der Waals surface area (Å²) in [6.45, 7) is 2.30. The van der Waals surface area contributed by atoms with Gasteiger partial charge in [0.2, 0.25) is 16.8 Å². The van der Waals surface area contributed by atoms with Gasteiger partial charge >= 0.3 is 0 Å². The second-order valence-corrected chi connectivity index (χ2v) is 8.55. The van der Waals surface area contributed by atoms with E-state index in [1.807, 2.05) is 12.1 Å². The molecule has 0 saturated heterocycles. The summed E-state index contributed by atoms with van der Waals surface area (Å²) < 4.78 is 25.1. The van der Waals surface area contributed by atoms with Crippen LogP contribution >= 0.6 is 23.1 Å². The van der Waals surface area contributed by atoms with Crippen LogP contribution in [-0.2, 0) is 13.0 Å². The van der Waals surface area contributed by atoms with Crippen molar-refractivity contribution in [2.24, 2.45) is 0 Å². The largest absolute Gasteiger partial charge is 0.467 e. The Balaban J connectivity index is 1.22. The van der Waals surface area contributed by atoms with E-state index in [0.29, 0.717) is 35.8 Å². The standard InChI is InChI=1S/C19H18FN5O2S2/c1-12-6-7-13(10-15(12)20)17-22-16(27-25-17)5-3-9-28-19-24-23-18(29-19)21-11-14-4-2-8-26-14/h2,4,6-8,10H,3,5,9,11H2,1H3,(H,21,23). The van der Waals surface area contributed by atoms with E-state index in [2.05, 4.69) is 25.7 Å². The van der Waals surface area contributed by atoms with Crippen molar-refractivity contribution in [2.45, 2.75) is 30.6 Å². The van der Waals surface area contributed by atoms with Crippen LogP contribution in [0.1, 0.15) is 23.6 Å². The van der Waals surface area contributed by atoms with Crippen LogP contribution in [0.15, 0.2) is 49.9 Å². The summed E-state index contributed by atoms with van der Waals surface area (Å²) in [6, 6.07) is 8.67. The highest BCUT2D eigenvalue weighted by Gasteiger charge is 2.11. The Labute approximate surface area is 174 Å². The molecule has 0 spiro atoms. The minimum atomic E-state index is -0.277. The van der Waals surface area contributed by atoms with Crippen molar-refractivity contribution in [3.05, 3.63) is 59.6 Å². The van der Waals surface area contributed by atoms with Gasteiger partial charge in [-0.15, -0.1) is 10.2 Å². The summed E-state index contributed by atoms with van der Waals surface area (Å²) in [5.41, 5.74) is 1.20. The average Bonchev–Trinajstić information content (AvgIpc) is 3.48. The number of thioether (sulfide) groups is 1. The monoisotopic (exact) mass is 431 g/mol. The topological polar surface area (TPSA) is 89.9 Å². The zero-order chi connectivity index (χ0) is 20.1. The van der Waals surface area contributed by atoms with Crippen LogP contribution in [-0.4, -0.2) is 26.1 Å². The van der Waals surface area contributed by atoms with Crippen molar-refractivity contribution in [1.29, 1.82) is 0 Å². The summed E-state index contributed by atoms with van der Waals surface area (Å²) >= 11 is 3.14. The number of halogens is 1. The van der Waals surface area contributed by atoms with Crippen LogP contribution in [0.3, 0.4) is 0 Å². The van der Waals surface area contributed by atoms with Gasteiger partial charge in [-0.1, -0.05) is 40.4 Å². The molecule has 7 nitrogen and oxygen atoms in total. The zero-order valence-corrected chi connectivity index (χ0v) is 17.2. The molecule has 0 unspecified atom stereocenters. The fourth-order valence-corrected chi connectivity index (χ4v) is 4.26. The Kier molecular flexibility index (Phi) is 6.20. The number of benzene rings is 1. The van der Waals surface area contributed by atoms with E-state index in [1.54, 1.807) is 37.1 Å². The van der Waals surface area contributed by atoms with Crippen LogP contribution in [0.2, 0.25) is 0 Å². The molecule has 10 heteroatoms. The molecule has 4 rings (SSSR count). The normalized spacial score (nSPS) is 11.1. The van der Waals surface area contributed by atoms with Crippen molar-refractivity contribution < 1.29 is 13.3 Å². The molecule has 0 saturated carbocycles. The maximum absolute atomic E-state index is 13.7. The molecule has 0 radical (unpaired) electrons. The lowest BCUT2D eigenvalue weighted by Crippen LogP contribution is -1.96. The van der Waals surface area contributed by atoms with Crippen molar-refractivity contribution in [2.75, 3.05) is 11.1 Å². The molecule has 0 aliphatic carbocycles. The van der Waals surface area contributed by atoms with Gasteiger partial charge in [-0.05, 0) is 37.1 Å². The summed E-state index contributed by atoms with van der Waals surface area (Å²) in [7, 11) is 0. The lowest BCUT2D eigenvalue weighted by molar-refractivity contribution is 0.378. The van der Waals surface area contributed by atoms with Gasteiger partial charge in [0.15, 0.2) is 4.34 Å². The molecule has 3 aromatic heterocycles. The number of aromatic nitrogens is 4. The third kappa shape index (κ3) is 5.21. The number of nitrogens with one attached hydrogen (secondary N) is 1. The van der Waals surface area contributed by atoms with Gasteiger partial charge in [-0.25, -0.2) is 4.39 Å². The Morgan fingerprint density at radius 1 is 1.24 bits per heavy atom. The summed E-state index contributed by atoms with van der Waals surface area (Å²) in [4.78, 5) is 4.35. The van der Waals surface area contributed by atoms with Crippen LogP contribution < -0.4 is 5.32 Å². The molecule has 3 heterocycles. The first-order valence-corrected chi connectivity index (χ1v) is 10.8. The maximum Gasteiger partial charge on any atom is 0.226 e. The molecule has 4 aromatic rings. The van der Waals surface area contributed by atoms with Gasteiger partial charge in [0.25, 0.3) is 0 Å². The molecule has 0 aliphatic heterocycles. The van der Waals surface area contributed by atoms with Gasteiger partial charge in [-0.2, -0.15) is 4.98 Å². The SMILES string of the molecule is Cc1ccc(-c2noc(CCCSc3nnc(NCc4ccco4)s3)n2)cc1F. The van der Waals surface area contributed by atoms with E-state index in [1.165, 1.54) is 17.4 Å². The minimum absolute atomic E-state index is 0.277. The number of hydrogen-bond donors (Lipinski definition) is 1. The van der Waals surface area contributed by atoms with Gasteiger partial charge in [0, 0.05) is 17.7 Å². The lowest BCUT2D eigenvalue weighted by atomic mass is 10.1. The highest BCUT2D eigenvalue weighted by atomic mass is 32.2. The van der Waals surface area contributed by atoms with Crippen molar-refractivity contribution in [3.63, 3.8) is 0 Å². The molecule has 0 aliphatic rings. The minimum Gasteiger partial charge on any atom is -0.467 e. The molecular formula is C19H18FN5O2S2. The van der Waals surface area contributed by atoms with Gasteiger partial charge in [0.05, 0.1) is 12.8 Å². The number of nitrogens with zero attached hydrogens (tertiary/aromatic N) is 4. The summed E-state index contributed by atoms with van der Waals surface area (Å²) in [5, 5.41) is 16.2.